The first-order chi connectivity index (χ1) is 10.3. The van der Waals surface area contributed by atoms with Crippen molar-refractivity contribution in [3.8, 4) is 0 Å². The van der Waals surface area contributed by atoms with Crippen molar-refractivity contribution in [2.45, 2.75) is 38.6 Å². The van der Waals surface area contributed by atoms with Crippen LogP contribution >= 0.6 is 11.8 Å². The van der Waals surface area contributed by atoms with Gasteiger partial charge in [-0.1, -0.05) is 32.9 Å². The Bertz CT molecular complexity index is 506. The molecule has 0 radical (unpaired) electrons. The lowest BCUT2D eigenvalue weighted by atomic mass is 9.86. The van der Waals surface area contributed by atoms with Crippen molar-refractivity contribution in [3.05, 3.63) is 35.4 Å². The summed E-state index contributed by atoms with van der Waals surface area (Å²) in [5, 5.41) is 2.75. The average Bonchev–Trinajstić information content (AvgIpc) is 2.49. The van der Waals surface area contributed by atoms with Gasteiger partial charge in [0.1, 0.15) is 6.04 Å². The summed E-state index contributed by atoms with van der Waals surface area (Å²) in [5.74, 6) is 0.119. The van der Waals surface area contributed by atoms with E-state index in [4.69, 9.17) is 4.74 Å². The van der Waals surface area contributed by atoms with Crippen molar-refractivity contribution >= 4 is 23.6 Å². The van der Waals surface area contributed by atoms with Crippen molar-refractivity contribution in [1.29, 1.82) is 0 Å². The second-order valence-corrected chi connectivity index (χ2v) is 7.14. The highest BCUT2D eigenvalue weighted by Crippen LogP contribution is 2.22. The summed E-state index contributed by atoms with van der Waals surface area (Å²) in [6.45, 7) is 6.37. The molecule has 0 aliphatic carbocycles. The highest BCUT2D eigenvalue weighted by Gasteiger charge is 2.22. The largest absolute Gasteiger partial charge is 0.467 e. The first-order valence-electron chi connectivity index (χ1n) is 7.27. The van der Waals surface area contributed by atoms with Crippen LogP contribution in [0.5, 0.6) is 0 Å². The zero-order valence-electron chi connectivity index (χ0n) is 13.9. The van der Waals surface area contributed by atoms with Crippen LogP contribution in [-0.2, 0) is 14.9 Å². The van der Waals surface area contributed by atoms with E-state index in [1.807, 2.05) is 18.4 Å². The number of thioether (sulfide) groups is 1. The first kappa shape index (κ1) is 18.6. The van der Waals surface area contributed by atoms with Gasteiger partial charge in [0.2, 0.25) is 0 Å². The molecule has 0 heterocycles. The van der Waals surface area contributed by atoms with Gasteiger partial charge in [-0.15, -0.1) is 0 Å². The van der Waals surface area contributed by atoms with E-state index in [0.717, 1.165) is 11.3 Å². The van der Waals surface area contributed by atoms with E-state index in [0.29, 0.717) is 12.0 Å². The molecule has 0 spiro atoms. The molecule has 1 atom stereocenters. The summed E-state index contributed by atoms with van der Waals surface area (Å²) < 4.78 is 4.75. The van der Waals surface area contributed by atoms with Gasteiger partial charge in [-0.25, -0.2) is 4.79 Å². The minimum atomic E-state index is -0.604. The molecule has 4 nitrogen and oxygen atoms in total. The second-order valence-electron chi connectivity index (χ2n) is 6.16. The predicted molar refractivity (Wildman–Crippen MR) is 91.4 cm³/mol. The maximum absolute atomic E-state index is 12.3. The van der Waals surface area contributed by atoms with Gasteiger partial charge in [-0.3, -0.25) is 4.79 Å². The van der Waals surface area contributed by atoms with Crippen LogP contribution in [0.4, 0.5) is 0 Å². The van der Waals surface area contributed by atoms with Crippen molar-refractivity contribution in [2.24, 2.45) is 0 Å². The quantitative estimate of drug-likeness (QED) is 0.818. The number of benzene rings is 1. The number of amides is 1. The fourth-order valence-corrected chi connectivity index (χ4v) is 2.46. The molecule has 0 aliphatic heterocycles. The second kappa shape index (κ2) is 8.22. The molecular weight excluding hydrogens is 298 g/mol. The number of rotatable bonds is 6. The number of carbonyl (C=O) groups is 2. The molecule has 1 N–H and O–H groups in total. The third-order valence-corrected chi connectivity index (χ3v) is 4.06. The molecule has 0 aliphatic rings. The van der Waals surface area contributed by atoms with Crippen LogP contribution < -0.4 is 5.32 Å². The minimum Gasteiger partial charge on any atom is -0.467 e. The third-order valence-electron chi connectivity index (χ3n) is 3.41. The molecule has 122 valence electrons. The summed E-state index contributed by atoms with van der Waals surface area (Å²) in [6, 6.07) is 6.87. The molecule has 0 fully saturated rings. The molecule has 22 heavy (non-hydrogen) atoms. The Morgan fingerprint density at radius 1 is 1.23 bits per heavy atom. The summed E-state index contributed by atoms with van der Waals surface area (Å²) in [4.78, 5) is 24.0. The van der Waals surface area contributed by atoms with Crippen molar-refractivity contribution in [2.75, 3.05) is 19.1 Å². The van der Waals surface area contributed by atoms with Crippen LogP contribution in [0.15, 0.2) is 24.3 Å². The number of hydrogen-bond acceptors (Lipinski definition) is 4. The predicted octanol–water partition coefficient (Wildman–Crippen LogP) is 3.01. The van der Waals surface area contributed by atoms with E-state index in [9.17, 15) is 9.59 Å². The van der Waals surface area contributed by atoms with Gasteiger partial charge in [-0.2, -0.15) is 11.8 Å². The van der Waals surface area contributed by atoms with Gasteiger partial charge in [0.05, 0.1) is 7.11 Å². The van der Waals surface area contributed by atoms with E-state index < -0.39 is 12.0 Å². The Morgan fingerprint density at radius 3 is 2.27 bits per heavy atom. The molecule has 5 heteroatoms. The molecule has 1 aromatic rings. The van der Waals surface area contributed by atoms with Crippen LogP contribution in [-0.4, -0.2) is 37.0 Å². The summed E-state index contributed by atoms with van der Waals surface area (Å²) in [5.41, 5.74) is 1.75. The highest BCUT2D eigenvalue weighted by atomic mass is 32.2. The first-order valence-corrected chi connectivity index (χ1v) is 8.67. The van der Waals surface area contributed by atoms with Crippen LogP contribution in [0.2, 0.25) is 0 Å². The molecule has 0 bridgehead atoms. The Morgan fingerprint density at radius 2 is 1.82 bits per heavy atom. The van der Waals surface area contributed by atoms with Crippen molar-refractivity contribution < 1.29 is 14.3 Å². The van der Waals surface area contributed by atoms with E-state index in [1.54, 1.807) is 23.9 Å². The van der Waals surface area contributed by atoms with Gasteiger partial charge >= 0.3 is 5.97 Å². The number of carbonyl (C=O) groups excluding carboxylic acids is 2. The Hall–Kier alpha value is -1.49. The third kappa shape index (κ3) is 5.37. The topological polar surface area (TPSA) is 55.4 Å². The fraction of sp³-hybridized carbons (Fsp3) is 0.529. The Balaban J connectivity index is 2.79. The number of ether oxygens (including phenoxy) is 1. The molecule has 1 unspecified atom stereocenters. The van der Waals surface area contributed by atoms with Gasteiger partial charge in [0, 0.05) is 5.56 Å². The van der Waals surface area contributed by atoms with E-state index >= 15 is 0 Å². The highest BCUT2D eigenvalue weighted by molar-refractivity contribution is 7.98. The Labute approximate surface area is 137 Å². The smallest absolute Gasteiger partial charge is 0.328 e. The van der Waals surface area contributed by atoms with Gasteiger partial charge in [0.15, 0.2) is 0 Å². The van der Waals surface area contributed by atoms with E-state index in [2.05, 4.69) is 26.1 Å². The maximum Gasteiger partial charge on any atom is 0.328 e. The zero-order chi connectivity index (χ0) is 16.8. The van der Waals surface area contributed by atoms with Crippen molar-refractivity contribution in [1.82, 2.24) is 5.32 Å². The molecule has 0 saturated heterocycles. The van der Waals surface area contributed by atoms with Crippen LogP contribution in [0.1, 0.15) is 43.1 Å². The van der Waals surface area contributed by atoms with E-state index in [1.165, 1.54) is 7.11 Å². The van der Waals surface area contributed by atoms with Crippen LogP contribution in [0.3, 0.4) is 0 Å². The van der Waals surface area contributed by atoms with Gasteiger partial charge in [0.25, 0.3) is 5.91 Å². The van der Waals surface area contributed by atoms with Gasteiger partial charge < -0.3 is 10.1 Å². The van der Waals surface area contributed by atoms with Crippen LogP contribution in [0.25, 0.3) is 0 Å². The molecular formula is C17H25NO3S. The molecule has 0 aromatic heterocycles. The minimum absolute atomic E-state index is 0.0436. The number of hydrogen-bond donors (Lipinski definition) is 1. The zero-order valence-corrected chi connectivity index (χ0v) is 14.8. The average molecular weight is 323 g/mol. The normalized spacial score (nSPS) is 12.6. The maximum atomic E-state index is 12.3. The van der Waals surface area contributed by atoms with Crippen molar-refractivity contribution in [3.63, 3.8) is 0 Å². The van der Waals surface area contributed by atoms with Crippen LogP contribution in [0, 0.1) is 0 Å². The lowest BCUT2D eigenvalue weighted by molar-refractivity contribution is -0.142. The number of nitrogens with one attached hydrogen (secondary N) is 1. The SMILES string of the molecule is COC(=O)C(CCSC)NC(=O)c1ccc(C(C)(C)C)cc1. The summed E-state index contributed by atoms with van der Waals surface area (Å²) in [6.07, 6.45) is 2.51. The number of methoxy groups -OCH3 is 1. The van der Waals surface area contributed by atoms with Gasteiger partial charge in [-0.05, 0) is 41.5 Å². The summed E-state index contributed by atoms with van der Waals surface area (Å²) in [7, 11) is 1.33. The molecule has 0 saturated carbocycles. The standard InChI is InChI=1S/C17H25NO3S/c1-17(2,3)13-8-6-12(7-9-13)15(19)18-14(10-11-22-5)16(20)21-4/h6-9,14H,10-11H2,1-5H3,(H,18,19). The molecule has 1 rings (SSSR count). The fourth-order valence-electron chi connectivity index (χ4n) is 1.99. The lowest BCUT2D eigenvalue weighted by Gasteiger charge is -2.19. The molecule has 1 amide bonds. The molecule has 1 aromatic carbocycles. The summed E-state index contributed by atoms with van der Waals surface area (Å²) >= 11 is 1.63. The van der Waals surface area contributed by atoms with E-state index in [-0.39, 0.29) is 11.3 Å². The Kier molecular flexibility index (Phi) is 6.94. The number of esters is 1. The monoisotopic (exact) mass is 323 g/mol. The lowest BCUT2D eigenvalue weighted by Crippen LogP contribution is -2.41.